The Balaban J connectivity index is 1.68. The molecule has 0 aliphatic rings. The molecule has 0 aliphatic carbocycles. The largest absolute Gasteiger partial charge is 0.496 e. The quantitative estimate of drug-likeness (QED) is 0.474. The zero-order valence-electron chi connectivity index (χ0n) is 15.1. The van der Waals surface area contributed by atoms with Crippen molar-refractivity contribution in [1.29, 1.82) is 0 Å². The number of aromatic nitrogens is 3. The first-order valence-corrected chi connectivity index (χ1v) is 9.56. The third-order valence-electron chi connectivity index (χ3n) is 4.22. The van der Waals surface area contributed by atoms with Crippen molar-refractivity contribution >= 4 is 44.9 Å². The molecule has 7 heteroatoms. The van der Waals surface area contributed by atoms with Crippen molar-refractivity contribution < 1.29 is 4.74 Å². The van der Waals surface area contributed by atoms with E-state index in [1.54, 1.807) is 18.4 Å². The average molecular weight is 397 g/mol. The summed E-state index contributed by atoms with van der Waals surface area (Å²) in [5.74, 6) is 1.37. The van der Waals surface area contributed by atoms with E-state index in [0.717, 1.165) is 43.6 Å². The second-order valence-electron chi connectivity index (χ2n) is 6.08. The van der Waals surface area contributed by atoms with E-state index in [2.05, 4.69) is 21.4 Å². The molecule has 0 saturated carbocycles. The maximum absolute atomic E-state index is 6.30. The Morgan fingerprint density at radius 3 is 2.44 bits per heavy atom. The second kappa shape index (κ2) is 7.13. The number of halogens is 1. The van der Waals surface area contributed by atoms with Gasteiger partial charge in [0.25, 0.3) is 0 Å². The van der Waals surface area contributed by atoms with Crippen molar-refractivity contribution in [1.82, 2.24) is 15.0 Å². The summed E-state index contributed by atoms with van der Waals surface area (Å²) in [7, 11) is 1.67. The molecule has 5 nitrogen and oxygen atoms in total. The molecule has 0 radical (unpaired) electrons. The number of fused-ring (bicyclic) bond motifs is 1. The van der Waals surface area contributed by atoms with Crippen LogP contribution in [0.15, 0.2) is 42.5 Å². The topological polar surface area (TPSA) is 59.9 Å². The summed E-state index contributed by atoms with van der Waals surface area (Å²) in [4.78, 5) is 14.8. The molecule has 0 spiro atoms. The van der Waals surface area contributed by atoms with Crippen molar-refractivity contribution in [3.63, 3.8) is 0 Å². The minimum atomic E-state index is 0.323. The lowest BCUT2D eigenvalue weighted by molar-refractivity contribution is 0.412. The molecule has 136 valence electrons. The number of nitrogens with zero attached hydrogens (tertiary/aromatic N) is 3. The van der Waals surface area contributed by atoms with Crippen LogP contribution in [0, 0.1) is 13.8 Å². The molecular formula is C20H17ClN4OS. The Kier molecular flexibility index (Phi) is 4.68. The Morgan fingerprint density at radius 2 is 1.74 bits per heavy atom. The maximum atomic E-state index is 6.30. The summed E-state index contributed by atoms with van der Waals surface area (Å²) < 4.78 is 5.34. The van der Waals surface area contributed by atoms with Gasteiger partial charge in [-0.05, 0) is 49.7 Å². The summed E-state index contributed by atoms with van der Waals surface area (Å²) in [6.07, 6.45) is 0. The van der Waals surface area contributed by atoms with Crippen LogP contribution in [-0.2, 0) is 0 Å². The smallest absolute Gasteiger partial charge is 0.189 e. The van der Waals surface area contributed by atoms with Crippen molar-refractivity contribution in [3.05, 3.63) is 58.1 Å². The number of anilines is 2. The van der Waals surface area contributed by atoms with Gasteiger partial charge >= 0.3 is 0 Å². The Hall–Kier alpha value is -2.70. The number of methoxy groups -OCH3 is 1. The fourth-order valence-electron chi connectivity index (χ4n) is 2.90. The number of thiazole rings is 1. The first kappa shape index (κ1) is 17.7. The highest BCUT2D eigenvalue weighted by atomic mass is 35.5. The van der Waals surface area contributed by atoms with E-state index < -0.39 is 0 Å². The standard InChI is InChI=1S/C20H17ClN4OS/c1-11-10-13(8-9-16(11)26-3)17-12(2)27-20(24-17)25-19-18(21)22-14-6-4-5-7-15(14)23-19/h4-10H,1-3H3,(H,23,24,25). The van der Waals surface area contributed by atoms with Crippen LogP contribution in [0.4, 0.5) is 10.9 Å². The fourth-order valence-corrected chi connectivity index (χ4v) is 3.92. The van der Waals surface area contributed by atoms with Gasteiger partial charge in [-0.3, -0.25) is 0 Å². The van der Waals surface area contributed by atoms with Gasteiger partial charge in [0.2, 0.25) is 0 Å². The number of nitrogens with one attached hydrogen (secondary N) is 1. The van der Waals surface area contributed by atoms with Crippen molar-refractivity contribution in [2.75, 3.05) is 12.4 Å². The summed E-state index contributed by atoms with van der Waals surface area (Å²) in [6, 6.07) is 13.7. The molecule has 0 atom stereocenters. The molecular weight excluding hydrogens is 380 g/mol. The molecule has 0 amide bonds. The number of hydrogen-bond donors (Lipinski definition) is 1. The van der Waals surface area contributed by atoms with Crippen LogP contribution in [0.25, 0.3) is 22.3 Å². The third-order valence-corrected chi connectivity index (χ3v) is 5.37. The van der Waals surface area contributed by atoms with Crippen LogP contribution in [-0.4, -0.2) is 22.1 Å². The van der Waals surface area contributed by atoms with Crippen LogP contribution in [0.5, 0.6) is 5.75 Å². The highest BCUT2D eigenvalue weighted by Crippen LogP contribution is 2.34. The number of rotatable bonds is 4. The van der Waals surface area contributed by atoms with Crippen LogP contribution in [0.1, 0.15) is 10.4 Å². The van der Waals surface area contributed by atoms with E-state index in [1.807, 2.05) is 50.2 Å². The average Bonchev–Trinajstić information content (AvgIpc) is 3.02. The van der Waals surface area contributed by atoms with Crippen LogP contribution >= 0.6 is 22.9 Å². The SMILES string of the molecule is COc1ccc(-c2nc(Nc3nc4ccccc4nc3Cl)sc2C)cc1C. The zero-order valence-corrected chi connectivity index (χ0v) is 16.6. The molecule has 2 aromatic carbocycles. The number of ether oxygens (including phenoxy) is 1. The predicted molar refractivity (Wildman–Crippen MR) is 111 cm³/mol. The monoisotopic (exact) mass is 396 g/mol. The Morgan fingerprint density at radius 1 is 1.00 bits per heavy atom. The van der Waals surface area contributed by atoms with Crippen molar-refractivity contribution in [2.45, 2.75) is 13.8 Å². The normalized spacial score (nSPS) is 11.0. The molecule has 0 aliphatic heterocycles. The van der Waals surface area contributed by atoms with Gasteiger partial charge in [-0.1, -0.05) is 23.7 Å². The number of hydrogen-bond acceptors (Lipinski definition) is 6. The summed E-state index contributed by atoms with van der Waals surface area (Å²) >= 11 is 7.85. The van der Waals surface area contributed by atoms with E-state index >= 15 is 0 Å². The first-order chi connectivity index (χ1) is 13.0. The van der Waals surface area contributed by atoms with Crippen LogP contribution in [0.2, 0.25) is 5.15 Å². The lowest BCUT2D eigenvalue weighted by Gasteiger charge is -2.07. The summed E-state index contributed by atoms with van der Waals surface area (Å²) in [6.45, 7) is 4.07. The highest BCUT2D eigenvalue weighted by Gasteiger charge is 2.14. The summed E-state index contributed by atoms with van der Waals surface area (Å²) in [5, 5.41) is 4.26. The Labute approximate surface area is 166 Å². The third kappa shape index (κ3) is 3.46. The zero-order chi connectivity index (χ0) is 19.0. The molecule has 0 saturated heterocycles. The molecule has 0 unspecified atom stereocenters. The van der Waals surface area contributed by atoms with E-state index in [0.29, 0.717) is 11.0 Å². The first-order valence-electron chi connectivity index (χ1n) is 8.37. The molecule has 0 fully saturated rings. The van der Waals surface area contributed by atoms with Gasteiger partial charge in [-0.2, -0.15) is 0 Å². The maximum Gasteiger partial charge on any atom is 0.189 e. The molecule has 1 N–H and O–H groups in total. The molecule has 0 bridgehead atoms. The fraction of sp³-hybridized carbons (Fsp3) is 0.150. The van der Waals surface area contributed by atoms with E-state index in [-0.39, 0.29) is 0 Å². The van der Waals surface area contributed by atoms with Crippen molar-refractivity contribution in [3.8, 4) is 17.0 Å². The van der Waals surface area contributed by atoms with Gasteiger partial charge in [0.15, 0.2) is 16.1 Å². The minimum Gasteiger partial charge on any atom is -0.496 e. The Bertz CT molecular complexity index is 1140. The highest BCUT2D eigenvalue weighted by molar-refractivity contribution is 7.16. The van der Waals surface area contributed by atoms with Gasteiger partial charge in [-0.25, -0.2) is 15.0 Å². The van der Waals surface area contributed by atoms with Gasteiger partial charge in [0, 0.05) is 10.4 Å². The second-order valence-corrected chi connectivity index (χ2v) is 7.65. The number of para-hydroxylation sites is 2. The van der Waals surface area contributed by atoms with E-state index in [9.17, 15) is 0 Å². The molecule has 27 heavy (non-hydrogen) atoms. The predicted octanol–water partition coefficient (Wildman–Crippen LogP) is 5.78. The van der Waals surface area contributed by atoms with E-state index in [1.165, 1.54) is 0 Å². The van der Waals surface area contributed by atoms with Crippen LogP contribution < -0.4 is 10.1 Å². The number of benzene rings is 2. The lowest BCUT2D eigenvalue weighted by atomic mass is 10.1. The molecule has 4 rings (SSSR count). The molecule has 2 heterocycles. The molecule has 4 aromatic rings. The lowest BCUT2D eigenvalue weighted by Crippen LogP contribution is -1.97. The van der Waals surface area contributed by atoms with Gasteiger partial charge < -0.3 is 10.1 Å². The molecule has 2 aromatic heterocycles. The minimum absolute atomic E-state index is 0.323. The van der Waals surface area contributed by atoms with Crippen LogP contribution in [0.3, 0.4) is 0 Å². The number of aryl methyl sites for hydroxylation is 2. The van der Waals surface area contributed by atoms with E-state index in [4.69, 9.17) is 21.3 Å². The summed E-state index contributed by atoms with van der Waals surface area (Å²) in [5.41, 5.74) is 4.59. The van der Waals surface area contributed by atoms with Gasteiger partial charge in [0.05, 0.1) is 23.8 Å². The van der Waals surface area contributed by atoms with Crippen molar-refractivity contribution in [2.24, 2.45) is 0 Å². The van der Waals surface area contributed by atoms with Gasteiger partial charge in [-0.15, -0.1) is 11.3 Å². The van der Waals surface area contributed by atoms with Gasteiger partial charge in [0.1, 0.15) is 5.75 Å².